The Morgan fingerprint density at radius 2 is 1.75 bits per heavy atom. The number of alkyl halides is 5. The fourth-order valence-electron chi connectivity index (χ4n) is 2.35. The number of nitrogens with zero attached hydrogens (tertiary/aromatic N) is 3. The van der Waals surface area contributed by atoms with Gasteiger partial charge in [0.15, 0.2) is 5.69 Å². The van der Waals surface area contributed by atoms with Gasteiger partial charge in [-0.1, -0.05) is 0 Å². The van der Waals surface area contributed by atoms with Gasteiger partial charge in [0.25, 0.3) is 6.43 Å². The second kappa shape index (κ2) is 6.12. The summed E-state index contributed by atoms with van der Waals surface area (Å²) in [5.41, 5.74) is -0.101. The van der Waals surface area contributed by atoms with Crippen LogP contribution in [0.1, 0.15) is 24.7 Å². The van der Waals surface area contributed by atoms with Gasteiger partial charge in [0.1, 0.15) is 5.69 Å². The van der Waals surface area contributed by atoms with Crippen molar-refractivity contribution in [3.8, 4) is 5.69 Å². The van der Waals surface area contributed by atoms with Gasteiger partial charge in [0.05, 0.1) is 11.6 Å². The summed E-state index contributed by atoms with van der Waals surface area (Å²) in [6, 6.07) is 6.67. The van der Waals surface area contributed by atoms with Crippen molar-refractivity contribution in [3.05, 3.63) is 52.8 Å². The minimum atomic E-state index is -4.77. The Labute approximate surface area is 138 Å². The second-order valence-electron chi connectivity index (χ2n) is 5.16. The van der Waals surface area contributed by atoms with Gasteiger partial charge >= 0.3 is 6.18 Å². The first kappa shape index (κ1) is 16.8. The van der Waals surface area contributed by atoms with Gasteiger partial charge in [-0.15, -0.1) is 11.8 Å². The molecule has 0 saturated heterocycles. The van der Waals surface area contributed by atoms with Crippen molar-refractivity contribution in [1.29, 1.82) is 0 Å². The van der Waals surface area contributed by atoms with Gasteiger partial charge in [0, 0.05) is 11.4 Å². The molecule has 0 bridgehead atoms. The van der Waals surface area contributed by atoms with Crippen LogP contribution in [0.15, 0.2) is 41.4 Å². The molecular weight excluding hydrogens is 349 g/mol. The normalized spacial score (nSPS) is 15.3. The van der Waals surface area contributed by atoms with Gasteiger partial charge in [-0.25, -0.2) is 13.5 Å². The number of halogens is 5. The van der Waals surface area contributed by atoms with Crippen molar-refractivity contribution in [2.75, 3.05) is 10.8 Å². The van der Waals surface area contributed by atoms with Crippen molar-refractivity contribution >= 4 is 17.4 Å². The standard InChI is InChI=1S/C15H12F5N3S/c1-9-7-24-8-22(9)10-2-4-11(5-3-10)23-12(14(16)17)6-13(21-23)15(18,19)20/h2-7,14H,8H2,1H3. The van der Waals surface area contributed by atoms with E-state index in [0.717, 1.165) is 17.3 Å². The third kappa shape index (κ3) is 3.12. The van der Waals surface area contributed by atoms with Gasteiger partial charge in [-0.3, -0.25) is 0 Å². The summed E-state index contributed by atoms with van der Waals surface area (Å²) in [6.07, 6.45) is -7.84. The van der Waals surface area contributed by atoms with E-state index in [1.54, 1.807) is 23.9 Å². The number of thioether (sulfide) groups is 1. The van der Waals surface area contributed by atoms with Crippen molar-refractivity contribution in [3.63, 3.8) is 0 Å². The number of hydrogen-bond acceptors (Lipinski definition) is 3. The topological polar surface area (TPSA) is 21.1 Å². The molecular formula is C15H12F5N3S. The fourth-order valence-corrected chi connectivity index (χ4v) is 3.29. The molecule has 0 aliphatic carbocycles. The lowest BCUT2D eigenvalue weighted by Crippen LogP contribution is -2.15. The molecule has 0 spiro atoms. The van der Waals surface area contributed by atoms with Crippen LogP contribution in [0.25, 0.3) is 5.69 Å². The Bertz CT molecular complexity index is 764. The Hall–Kier alpha value is -2.03. The van der Waals surface area contributed by atoms with Crippen LogP contribution < -0.4 is 4.90 Å². The van der Waals surface area contributed by atoms with Crippen LogP contribution in [0.2, 0.25) is 0 Å². The molecule has 24 heavy (non-hydrogen) atoms. The summed E-state index contributed by atoms with van der Waals surface area (Å²) in [7, 11) is 0. The third-order valence-electron chi connectivity index (χ3n) is 3.54. The van der Waals surface area contributed by atoms with E-state index in [4.69, 9.17) is 0 Å². The molecule has 3 rings (SSSR count). The fraction of sp³-hybridized carbons (Fsp3) is 0.267. The molecule has 0 atom stereocenters. The van der Waals surface area contributed by atoms with Crippen LogP contribution in [-0.4, -0.2) is 15.7 Å². The molecule has 0 amide bonds. The Kier molecular flexibility index (Phi) is 4.29. The molecule has 128 valence electrons. The van der Waals surface area contributed by atoms with Gasteiger partial charge in [-0.05, 0) is 42.7 Å². The van der Waals surface area contributed by atoms with Crippen LogP contribution in [0, 0.1) is 0 Å². The molecule has 9 heteroatoms. The molecule has 1 aromatic carbocycles. The van der Waals surface area contributed by atoms with E-state index in [9.17, 15) is 22.0 Å². The molecule has 0 unspecified atom stereocenters. The van der Waals surface area contributed by atoms with Gasteiger partial charge < -0.3 is 4.90 Å². The van der Waals surface area contributed by atoms with Crippen molar-refractivity contribution in [2.24, 2.45) is 0 Å². The lowest BCUT2D eigenvalue weighted by molar-refractivity contribution is -0.141. The molecule has 1 aliphatic rings. The summed E-state index contributed by atoms with van der Waals surface area (Å²) in [5.74, 6) is 0.730. The summed E-state index contributed by atoms with van der Waals surface area (Å²) in [5, 5.41) is 5.29. The van der Waals surface area contributed by atoms with E-state index in [1.807, 2.05) is 17.2 Å². The molecule has 1 aromatic heterocycles. The quantitative estimate of drug-likeness (QED) is 0.701. The molecule has 0 fully saturated rings. The van der Waals surface area contributed by atoms with Crippen LogP contribution in [-0.2, 0) is 6.18 Å². The van der Waals surface area contributed by atoms with Crippen LogP contribution >= 0.6 is 11.8 Å². The lowest BCUT2D eigenvalue weighted by Gasteiger charge is -2.19. The predicted octanol–water partition coefficient (Wildman–Crippen LogP) is 5.20. The molecule has 2 heterocycles. The summed E-state index contributed by atoms with van der Waals surface area (Å²) < 4.78 is 64.9. The maximum atomic E-state index is 13.0. The Balaban J connectivity index is 1.97. The summed E-state index contributed by atoms with van der Waals surface area (Å²) in [4.78, 5) is 2.01. The smallest absolute Gasteiger partial charge is 0.335 e. The van der Waals surface area contributed by atoms with E-state index in [-0.39, 0.29) is 5.69 Å². The number of anilines is 1. The minimum absolute atomic E-state index is 0.151. The molecule has 0 saturated carbocycles. The van der Waals surface area contributed by atoms with Crippen LogP contribution in [0.4, 0.5) is 27.6 Å². The van der Waals surface area contributed by atoms with E-state index in [2.05, 4.69) is 5.10 Å². The zero-order valence-corrected chi connectivity index (χ0v) is 13.2. The zero-order valence-electron chi connectivity index (χ0n) is 12.4. The van der Waals surface area contributed by atoms with E-state index in [1.165, 1.54) is 12.1 Å². The minimum Gasteiger partial charge on any atom is -0.335 e. The highest BCUT2D eigenvalue weighted by Gasteiger charge is 2.36. The third-order valence-corrected chi connectivity index (χ3v) is 4.46. The Morgan fingerprint density at radius 3 is 2.25 bits per heavy atom. The van der Waals surface area contributed by atoms with E-state index >= 15 is 0 Å². The first-order valence-electron chi connectivity index (χ1n) is 6.89. The van der Waals surface area contributed by atoms with E-state index in [0.29, 0.717) is 10.7 Å². The highest BCUT2D eigenvalue weighted by Crippen LogP contribution is 2.34. The SMILES string of the molecule is CC1=CSCN1c1ccc(-n2nc(C(F)(F)F)cc2C(F)F)cc1. The zero-order chi connectivity index (χ0) is 17.5. The molecule has 2 aromatic rings. The van der Waals surface area contributed by atoms with Crippen LogP contribution in [0.5, 0.6) is 0 Å². The molecule has 0 N–H and O–H groups in total. The number of aromatic nitrogens is 2. The molecule has 1 aliphatic heterocycles. The first-order valence-corrected chi connectivity index (χ1v) is 7.94. The molecule has 0 radical (unpaired) electrons. The molecule has 3 nitrogen and oxygen atoms in total. The first-order chi connectivity index (χ1) is 11.3. The van der Waals surface area contributed by atoms with Crippen molar-refractivity contribution in [1.82, 2.24) is 9.78 Å². The summed E-state index contributed by atoms with van der Waals surface area (Å²) >= 11 is 1.62. The van der Waals surface area contributed by atoms with Gasteiger partial charge in [-0.2, -0.15) is 18.3 Å². The maximum Gasteiger partial charge on any atom is 0.435 e. The highest BCUT2D eigenvalue weighted by atomic mass is 32.2. The lowest BCUT2D eigenvalue weighted by atomic mass is 10.2. The summed E-state index contributed by atoms with van der Waals surface area (Å²) in [6.45, 7) is 1.94. The number of hydrogen-bond donors (Lipinski definition) is 0. The number of allylic oxidation sites excluding steroid dienone is 1. The van der Waals surface area contributed by atoms with Gasteiger partial charge in [0.2, 0.25) is 0 Å². The Morgan fingerprint density at radius 1 is 1.12 bits per heavy atom. The van der Waals surface area contributed by atoms with Crippen molar-refractivity contribution in [2.45, 2.75) is 19.5 Å². The largest absolute Gasteiger partial charge is 0.435 e. The average Bonchev–Trinajstić information content (AvgIpc) is 3.13. The predicted molar refractivity (Wildman–Crippen MR) is 82.2 cm³/mol. The number of rotatable bonds is 3. The monoisotopic (exact) mass is 361 g/mol. The van der Waals surface area contributed by atoms with Crippen LogP contribution in [0.3, 0.4) is 0 Å². The highest BCUT2D eigenvalue weighted by molar-refractivity contribution is 8.02. The second-order valence-corrected chi connectivity index (χ2v) is 5.99. The average molecular weight is 361 g/mol. The van der Waals surface area contributed by atoms with E-state index < -0.39 is 24.0 Å². The number of benzene rings is 1. The van der Waals surface area contributed by atoms with Crippen molar-refractivity contribution < 1.29 is 22.0 Å². The maximum absolute atomic E-state index is 13.0.